The predicted molar refractivity (Wildman–Crippen MR) is 68.7 cm³/mol. The molecule has 2 rings (SSSR count). The van der Waals surface area contributed by atoms with E-state index in [0.29, 0.717) is 6.04 Å². The van der Waals surface area contributed by atoms with Crippen LogP contribution in [0.2, 0.25) is 0 Å². The summed E-state index contributed by atoms with van der Waals surface area (Å²) in [7, 11) is 0. The molecule has 1 heterocycles. The van der Waals surface area contributed by atoms with E-state index in [4.69, 9.17) is 5.73 Å². The monoisotopic (exact) mass is 219 g/mol. The summed E-state index contributed by atoms with van der Waals surface area (Å²) in [6.45, 7) is 3.97. The second-order valence-corrected chi connectivity index (χ2v) is 4.34. The number of hydrogen-bond acceptors (Lipinski definition) is 3. The van der Waals surface area contributed by atoms with Gasteiger partial charge in [-0.1, -0.05) is 18.2 Å². The second kappa shape index (κ2) is 5.87. The Labute approximate surface area is 97.6 Å². The van der Waals surface area contributed by atoms with Crippen molar-refractivity contribution in [3.05, 3.63) is 30.3 Å². The van der Waals surface area contributed by atoms with Crippen LogP contribution in [0.1, 0.15) is 12.8 Å². The topological polar surface area (TPSA) is 41.3 Å². The number of nitrogens with zero attached hydrogens (tertiary/aromatic N) is 1. The van der Waals surface area contributed by atoms with E-state index in [2.05, 4.69) is 40.5 Å². The van der Waals surface area contributed by atoms with Gasteiger partial charge in [0, 0.05) is 37.9 Å². The highest BCUT2D eigenvalue weighted by molar-refractivity contribution is 5.46. The molecular weight excluding hydrogens is 198 g/mol. The Balaban J connectivity index is 1.81. The maximum Gasteiger partial charge on any atom is 0.0366 e. The number of nitrogens with one attached hydrogen (secondary N) is 1. The minimum atomic E-state index is 0.656. The summed E-state index contributed by atoms with van der Waals surface area (Å²) in [5.74, 6) is 0. The Kier molecular flexibility index (Phi) is 4.19. The normalized spacial score (nSPS) is 17.7. The van der Waals surface area contributed by atoms with Crippen LogP contribution in [0.25, 0.3) is 0 Å². The first-order valence-corrected chi connectivity index (χ1v) is 6.13. The first-order valence-electron chi connectivity index (χ1n) is 6.13. The summed E-state index contributed by atoms with van der Waals surface area (Å²) in [5.41, 5.74) is 6.84. The summed E-state index contributed by atoms with van der Waals surface area (Å²) in [4.78, 5) is 2.46. The molecule has 1 aliphatic heterocycles. The van der Waals surface area contributed by atoms with Gasteiger partial charge in [-0.2, -0.15) is 0 Å². The van der Waals surface area contributed by atoms with Crippen molar-refractivity contribution >= 4 is 5.69 Å². The number of para-hydroxylation sites is 1. The number of piperidine rings is 1. The number of anilines is 1. The van der Waals surface area contributed by atoms with E-state index in [0.717, 1.165) is 26.2 Å². The van der Waals surface area contributed by atoms with Gasteiger partial charge in [0.2, 0.25) is 0 Å². The van der Waals surface area contributed by atoms with E-state index < -0.39 is 0 Å². The van der Waals surface area contributed by atoms with Crippen LogP contribution in [0.3, 0.4) is 0 Å². The zero-order chi connectivity index (χ0) is 11.2. The molecule has 0 amide bonds. The number of benzene rings is 1. The molecule has 0 unspecified atom stereocenters. The molecule has 0 aromatic heterocycles. The third-order valence-electron chi connectivity index (χ3n) is 3.19. The predicted octanol–water partition coefficient (Wildman–Crippen LogP) is 1.20. The van der Waals surface area contributed by atoms with Crippen LogP contribution in [0.15, 0.2) is 30.3 Å². The maximum absolute atomic E-state index is 5.49. The zero-order valence-electron chi connectivity index (χ0n) is 9.73. The van der Waals surface area contributed by atoms with E-state index in [1.54, 1.807) is 0 Å². The Morgan fingerprint density at radius 3 is 2.50 bits per heavy atom. The molecule has 88 valence electrons. The molecule has 0 radical (unpaired) electrons. The first kappa shape index (κ1) is 11.4. The molecule has 0 saturated carbocycles. The summed E-state index contributed by atoms with van der Waals surface area (Å²) in [6.07, 6.45) is 2.43. The molecule has 0 bridgehead atoms. The highest BCUT2D eigenvalue weighted by atomic mass is 15.1. The lowest BCUT2D eigenvalue weighted by Gasteiger charge is -2.34. The van der Waals surface area contributed by atoms with Gasteiger partial charge in [0.25, 0.3) is 0 Å². The molecule has 3 N–H and O–H groups in total. The molecular formula is C13H21N3. The van der Waals surface area contributed by atoms with Gasteiger partial charge in [0.1, 0.15) is 0 Å². The molecule has 1 aliphatic rings. The van der Waals surface area contributed by atoms with Crippen molar-refractivity contribution in [2.24, 2.45) is 5.73 Å². The van der Waals surface area contributed by atoms with Gasteiger partial charge >= 0.3 is 0 Å². The molecule has 16 heavy (non-hydrogen) atoms. The molecule has 3 heteroatoms. The number of nitrogens with two attached hydrogens (primary N) is 1. The molecule has 0 aliphatic carbocycles. The standard InChI is InChI=1S/C13H21N3/c14-8-9-15-12-6-10-16(11-7-12)13-4-2-1-3-5-13/h1-5,12,15H,6-11,14H2. The molecule has 0 spiro atoms. The van der Waals surface area contributed by atoms with Gasteiger partial charge in [-0.25, -0.2) is 0 Å². The Bertz CT molecular complexity index is 291. The van der Waals surface area contributed by atoms with Gasteiger partial charge in [0.15, 0.2) is 0 Å². The highest BCUT2D eigenvalue weighted by Crippen LogP contribution is 2.19. The molecule has 0 atom stereocenters. The van der Waals surface area contributed by atoms with Crippen molar-refractivity contribution in [2.75, 3.05) is 31.1 Å². The van der Waals surface area contributed by atoms with E-state index in [-0.39, 0.29) is 0 Å². The molecule has 1 aromatic carbocycles. The van der Waals surface area contributed by atoms with Crippen molar-refractivity contribution in [3.8, 4) is 0 Å². The summed E-state index contributed by atoms with van der Waals surface area (Å²) >= 11 is 0. The third-order valence-corrected chi connectivity index (χ3v) is 3.19. The van der Waals surface area contributed by atoms with Crippen LogP contribution < -0.4 is 16.0 Å². The van der Waals surface area contributed by atoms with Crippen molar-refractivity contribution in [2.45, 2.75) is 18.9 Å². The van der Waals surface area contributed by atoms with Crippen LogP contribution in [-0.4, -0.2) is 32.2 Å². The zero-order valence-corrected chi connectivity index (χ0v) is 9.73. The van der Waals surface area contributed by atoms with Crippen molar-refractivity contribution < 1.29 is 0 Å². The Hall–Kier alpha value is -1.06. The van der Waals surface area contributed by atoms with Crippen LogP contribution in [0, 0.1) is 0 Å². The summed E-state index contributed by atoms with van der Waals surface area (Å²) < 4.78 is 0. The van der Waals surface area contributed by atoms with Gasteiger partial charge in [-0.15, -0.1) is 0 Å². The fourth-order valence-corrected chi connectivity index (χ4v) is 2.27. The second-order valence-electron chi connectivity index (χ2n) is 4.34. The fraction of sp³-hybridized carbons (Fsp3) is 0.538. The first-order chi connectivity index (χ1) is 7.90. The van der Waals surface area contributed by atoms with Gasteiger partial charge in [-0.3, -0.25) is 0 Å². The molecule has 3 nitrogen and oxygen atoms in total. The molecule has 1 fully saturated rings. The lowest BCUT2D eigenvalue weighted by atomic mass is 10.0. The smallest absolute Gasteiger partial charge is 0.0366 e. The lowest BCUT2D eigenvalue weighted by Crippen LogP contribution is -2.43. The summed E-state index contributed by atoms with van der Waals surface area (Å²) in [5, 5.41) is 3.49. The third kappa shape index (κ3) is 2.97. The van der Waals surface area contributed by atoms with Crippen molar-refractivity contribution in [3.63, 3.8) is 0 Å². The van der Waals surface area contributed by atoms with E-state index in [1.807, 2.05) is 0 Å². The van der Waals surface area contributed by atoms with E-state index in [1.165, 1.54) is 18.5 Å². The molecule has 1 aromatic rings. The van der Waals surface area contributed by atoms with Crippen molar-refractivity contribution in [1.29, 1.82) is 0 Å². The average Bonchev–Trinajstić information content (AvgIpc) is 2.38. The van der Waals surface area contributed by atoms with Gasteiger partial charge < -0.3 is 16.0 Å². The van der Waals surface area contributed by atoms with Gasteiger partial charge in [-0.05, 0) is 25.0 Å². The quantitative estimate of drug-likeness (QED) is 0.799. The van der Waals surface area contributed by atoms with Crippen LogP contribution in [-0.2, 0) is 0 Å². The van der Waals surface area contributed by atoms with Crippen LogP contribution >= 0.6 is 0 Å². The maximum atomic E-state index is 5.49. The number of rotatable bonds is 4. The lowest BCUT2D eigenvalue weighted by molar-refractivity contribution is 0.420. The molecule has 1 saturated heterocycles. The minimum Gasteiger partial charge on any atom is -0.371 e. The van der Waals surface area contributed by atoms with Crippen molar-refractivity contribution in [1.82, 2.24) is 5.32 Å². The summed E-state index contributed by atoms with van der Waals surface area (Å²) in [6, 6.07) is 11.3. The average molecular weight is 219 g/mol. The van der Waals surface area contributed by atoms with Gasteiger partial charge in [0.05, 0.1) is 0 Å². The Morgan fingerprint density at radius 2 is 1.88 bits per heavy atom. The van der Waals surface area contributed by atoms with E-state index in [9.17, 15) is 0 Å². The van der Waals surface area contributed by atoms with E-state index >= 15 is 0 Å². The Morgan fingerprint density at radius 1 is 1.19 bits per heavy atom. The van der Waals surface area contributed by atoms with Crippen LogP contribution in [0.4, 0.5) is 5.69 Å². The number of hydrogen-bond donors (Lipinski definition) is 2. The largest absolute Gasteiger partial charge is 0.371 e. The fourth-order valence-electron chi connectivity index (χ4n) is 2.27. The van der Waals surface area contributed by atoms with Crippen LogP contribution in [0.5, 0.6) is 0 Å². The highest BCUT2D eigenvalue weighted by Gasteiger charge is 2.18. The minimum absolute atomic E-state index is 0.656. The SMILES string of the molecule is NCCNC1CCN(c2ccccc2)CC1.